The largest absolute Gasteiger partial charge is 0.414 e. The molecule has 1 aliphatic heterocycles. The Morgan fingerprint density at radius 2 is 1.47 bits per heavy atom. The Balaban J connectivity index is 1.20. The topological polar surface area (TPSA) is 9.23 Å². The van der Waals surface area contributed by atoms with Crippen LogP contribution in [0.3, 0.4) is 0 Å². The zero-order valence-corrected chi connectivity index (χ0v) is 20.8. The van der Waals surface area contributed by atoms with Gasteiger partial charge in [0, 0.05) is 6.42 Å². The van der Waals surface area contributed by atoms with Crippen LogP contribution in [-0.4, -0.2) is 12.3 Å². The lowest BCUT2D eigenvalue weighted by Gasteiger charge is -2.38. The maximum absolute atomic E-state index is 14.6. The van der Waals surface area contributed by atoms with Crippen molar-refractivity contribution in [1.29, 1.82) is 0 Å². The van der Waals surface area contributed by atoms with Gasteiger partial charge in [0.2, 0.25) is 0 Å². The smallest absolute Gasteiger partial charge is 0.364 e. The van der Waals surface area contributed by atoms with Crippen molar-refractivity contribution in [3.8, 4) is 0 Å². The van der Waals surface area contributed by atoms with Crippen LogP contribution in [0.25, 0.3) is 0 Å². The molecule has 0 spiro atoms. The maximum Gasteiger partial charge on any atom is 0.414 e. The van der Waals surface area contributed by atoms with Gasteiger partial charge in [-0.3, -0.25) is 0 Å². The third-order valence-corrected chi connectivity index (χ3v) is 9.05. The van der Waals surface area contributed by atoms with Crippen LogP contribution in [0, 0.1) is 29.5 Å². The Morgan fingerprint density at radius 1 is 0.853 bits per heavy atom. The lowest BCUT2D eigenvalue weighted by molar-refractivity contribution is -0.226. The number of benzene rings is 1. The molecular weight excluding hydrogens is 440 g/mol. The predicted octanol–water partition coefficient (Wildman–Crippen LogP) is 8.96. The molecule has 2 saturated carbocycles. The summed E-state index contributed by atoms with van der Waals surface area (Å²) >= 11 is 0. The first-order valence-electron chi connectivity index (χ1n) is 13.8. The Kier molecular flexibility index (Phi) is 8.98. The molecule has 0 amide bonds. The highest BCUT2D eigenvalue weighted by molar-refractivity contribution is 5.35. The van der Waals surface area contributed by atoms with Gasteiger partial charge in [0.1, 0.15) is 5.82 Å². The first-order chi connectivity index (χ1) is 16.3. The molecule has 0 radical (unpaired) electrons. The number of ether oxygens (including phenoxy) is 1. The Morgan fingerprint density at radius 3 is 2.06 bits per heavy atom. The average molecular weight is 483 g/mol. The van der Waals surface area contributed by atoms with Crippen molar-refractivity contribution < 1.29 is 22.3 Å². The van der Waals surface area contributed by atoms with E-state index in [2.05, 4.69) is 6.92 Å². The number of alkyl halides is 3. The van der Waals surface area contributed by atoms with E-state index in [0.29, 0.717) is 11.5 Å². The van der Waals surface area contributed by atoms with Crippen LogP contribution in [0.4, 0.5) is 17.6 Å². The molecule has 1 unspecified atom stereocenters. The van der Waals surface area contributed by atoms with E-state index < -0.39 is 24.5 Å². The first kappa shape index (κ1) is 26.0. The maximum atomic E-state index is 14.6. The number of halogens is 4. The summed E-state index contributed by atoms with van der Waals surface area (Å²) in [4.78, 5) is 0. The molecule has 0 saturated heterocycles. The van der Waals surface area contributed by atoms with Gasteiger partial charge in [-0.15, -0.1) is 0 Å². The van der Waals surface area contributed by atoms with Crippen LogP contribution in [0.1, 0.15) is 107 Å². The molecule has 1 heterocycles. The molecule has 1 aromatic rings. The Hall–Kier alpha value is -1.10. The van der Waals surface area contributed by atoms with Gasteiger partial charge in [0.25, 0.3) is 0 Å². The van der Waals surface area contributed by atoms with Gasteiger partial charge in [-0.2, -0.15) is 13.2 Å². The molecule has 2 fully saturated rings. The zero-order chi connectivity index (χ0) is 24.1. The molecule has 0 N–H and O–H groups in total. The zero-order valence-electron chi connectivity index (χ0n) is 20.8. The Bertz CT molecular complexity index is 773. The van der Waals surface area contributed by atoms with Crippen LogP contribution >= 0.6 is 0 Å². The second kappa shape index (κ2) is 11.8. The average Bonchev–Trinajstić information content (AvgIpc) is 2.83. The van der Waals surface area contributed by atoms with Gasteiger partial charge in [-0.25, -0.2) is 4.39 Å². The van der Waals surface area contributed by atoms with Crippen LogP contribution < -0.4 is 0 Å². The summed E-state index contributed by atoms with van der Waals surface area (Å²) in [7, 11) is 0. The third kappa shape index (κ3) is 6.77. The molecule has 1 atom stereocenters. The second-order valence-electron chi connectivity index (χ2n) is 11.4. The quantitative estimate of drug-likeness (QED) is 0.265. The van der Waals surface area contributed by atoms with Gasteiger partial charge >= 0.3 is 6.18 Å². The van der Waals surface area contributed by atoms with Crippen LogP contribution in [-0.2, 0) is 24.2 Å². The van der Waals surface area contributed by atoms with Crippen LogP contribution in [0.2, 0.25) is 0 Å². The van der Waals surface area contributed by atoms with Crippen molar-refractivity contribution in [2.45, 2.75) is 122 Å². The molecule has 1 nitrogen and oxygen atoms in total. The number of hydrogen-bond donors (Lipinski definition) is 0. The van der Waals surface area contributed by atoms with Crippen LogP contribution in [0.15, 0.2) is 12.1 Å². The highest BCUT2D eigenvalue weighted by Gasteiger charge is 2.43. The van der Waals surface area contributed by atoms with Gasteiger partial charge < -0.3 is 4.74 Å². The monoisotopic (exact) mass is 482 g/mol. The number of rotatable bonds is 8. The number of unbranched alkanes of at least 4 members (excludes halogenated alkanes) is 2. The van der Waals surface area contributed by atoms with E-state index in [1.807, 2.05) is 6.07 Å². The summed E-state index contributed by atoms with van der Waals surface area (Å²) in [6, 6.07) is 3.33. The molecule has 192 valence electrons. The van der Waals surface area contributed by atoms with E-state index in [-0.39, 0.29) is 12.2 Å². The summed E-state index contributed by atoms with van der Waals surface area (Å²) in [5, 5.41) is 0. The minimum Gasteiger partial charge on any atom is -0.364 e. The van der Waals surface area contributed by atoms with Gasteiger partial charge in [0.15, 0.2) is 6.10 Å². The lowest BCUT2D eigenvalue weighted by Crippen LogP contribution is -2.37. The van der Waals surface area contributed by atoms with E-state index in [4.69, 9.17) is 4.74 Å². The lowest BCUT2D eigenvalue weighted by atomic mass is 9.68. The molecular formula is C29H42F4O. The molecule has 0 bridgehead atoms. The fourth-order valence-corrected chi connectivity index (χ4v) is 6.85. The van der Waals surface area contributed by atoms with Gasteiger partial charge in [-0.1, -0.05) is 64.4 Å². The van der Waals surface area contributed by atoms with Crippen molar-refractivity contribution in [3.05, 3.63) is 34.6 Å². The summed E-state index contributed by atoms with van der Waals surface area (Å²) < 4.78 is 58.4. The standard InChI is InChI=1S/C29H42F4O/c1-2-3-4-5-20-8-12-23(13-9-20)24-14-10-21(11-15-24)6-7-22-16-25-19-34-28(29(31,32)33)18-26(25)27(30)17-22/h16-17,20-21,23-24,28H,2-15,18-19H2,1H3. The number of aryl methyl sites for hydroxylation is 1. The molecule has 34 heavy (non-hydrogen) atoms. The fourth-order valence-electron chi connectivity index (χ4n) is 6.85. The summed E-state index contributed by atoms with van der Waals surface area (Å²) in [5.41, 5.74) is 1.66. The highest BCUT2D eigenvalue weighted by atomic mass is 19.4. The fraction of sp³-hybridized carbons (Fsp3) is 0.793. The van der Waals surface area contributed by atoms with Gasteiger partial charge in [0.05, 0.1) is 6.61 Å². The molecule has 2 aliphatic carbocycles. The second-order valence-corrected chi connectivity index (χ2v) is 11.4. The molecule has 4 rings (SSSR count). The van der Waals surface area contributed by atoms with E-state index in [1.165, 1.54) is 83.1 Å². The first-order valence-corrected chi connectivity index (χ1v) is 13.8. The van der Waals surface area contributed by atoms with E-state index in [0.717, 1.165) is 36.2 Å². The van der Waals surface area contributed by atoms with E-state index in [1.54, 1.807) is 0 Å². The van der Waals surface area contributed by atoms with Gasteiger partial charge in [-0.05, 0) is 85.0 Å². The van der Waals surface area contributed by atoms with Crippen molar-refractivity contribution in [1.82, 2.24) is 0 Å². The SMILES string of the molecule is CCCCCC1CCC(C2CCC(CCc3cc(F)c4c(c3)COC(C(F)(F)F)C4)CC2)CC1. The third-order valence-electron chi connectivity index (χ3n) is 9.05. The van der Waals surface area contributed by atoms with Crippen LogP contribution in [0.5, 0.6) is 0 Å². The number of fused-ring (bicyclic) bond motifs is 1. The number of hydrogen-bond acceptors (Lipinski definition) is 1. The highest BCUT2D eigenvalue weighted by Crippen LogP contribution is 2.43. The minimum atomic E-state index is -4.45. The van der Waals surface area contributed by atoms with Crippen molar-refractivity contribution in [2.24, 2.45) is 23.7 Å². The van der Waals surface area contributed by atoms with E-state index >= 15 is 0 Å². The molecule has 1 aromatic carbocycles. The Labute approximate surface area is 203 Å². The normalized spacial score (nSPS) is 30.2. The van der Waals surface area contributed by atoms with E-state index in [9.17, 15) is 17.6 Å². The molecule has 0 aromatic heterocycles. The molecule has 3 aliphatic rings. The summed E-state index contributed by atoms with van der Waals surface area (Å²) in [6.45, 7) is 2.12. The summed E-state index contributed by atoms with van der Waals surface area (Å²) in [6.07, 6.45) is 11.6. The van der Waals surface area contributed by atoms with Crippen molar-refractivity contribution in [2.75, 3.05) is 0 Å². The summed E-state index contributed by atoms with van der Waals surface area (Å²) in [5.74, 6) is 2.98. The van der Waals surface area contributed by atoms with Crippen molar-refractivity contribution >= 4 is 0 Å². The predicted molar refractivity (Wildman–Crippen MR) is 128 cm³/mol. The van der Waals surface area contributed by atoms with Crippen molar-refractivity contribution in [3.63, 3.8) is 0 Å². The molecule has 5 heteroatoms. The minimum absolute atomic E-state index is 0.157.